The lowest BCUT2D eigenvalue weighted by Crippen LogP contribution is -2.63. The van der Waals surface area contributed by atoms with Crippen LogP contribution in [0.15, 0.2) is 0 Å². The lowest BCUT2D eigenvalue weighted by molar-refractivity contribution is -0.518. The SMILES string of the molecule is CCC/C=[N+](\[O-])C1CC(C)(C)N(OC2CCCCC2)C(C)(C)C1. The van der Waals surface area contributed by atoms with Crippen molar-refractivity contribution in [3.63, 3.8) is 0 Å². The van der Waals surface area contributed by atoms with E-state index in [2.05, 4.69) is 39.7 Å². The number of piperidine rings is 1. The Labute approximate surface area is 142 Å². The van der Waals surface area contributed by atoms with Crippen LogP contribution in [0.2, 0.25) is 0 Å². The van der Waals surface area contributed by atoms with E-state index in [1.165, 1.54) is 36.8 Å². The Balaban J connectivity index is 2.09. The summed E-state index contributed by atoms with van der Waals surface area (Å²) in [6.07, 6.45) is 12.0. The van der Waals surface area contributed by atoms with Crippen LogP contribution in [0.3, 0.4) is 0 Å². The number of hydrogen-bond donors (Lipinski definition) is 0. The number of rotatable bonds is 5. The Morgan fingerprint density at radius 3 is 2.17 bits per heavy atom. The molecule has 0 aromatic carbocycles. The fourth-order valence-electron chi connectivity index (χ4n) is 4.40. The first-order valence-electron chi connectivity index (χ1n) is 9.52. The Bertz CT molecular complexity index is 394. The summed E-state index contributed by atoms with van der Waals surface area (Å²) in [6.45, 7) is 11.0. The summed E-state index contributed by atoms with van der Waals surface area (Å²) in [4.78, 5) is 6.47. The molecule has 0 aromatic rings. The first kappa shape index (κ1) is 18.7. The topological polar surface area (TPSA) is 38.5 Å². The van der Waals surface area contributed by atoms with Gasteiger partial charge in [-0.1, -0.05) is 26.2 Å². The average molecular weight is 325 g/mol. The summed E-state index contributed by atoms with van der Waals surface area (Å²) in [5.41, 5.74) is -0.237. The summed E-state index contributed by atoms with van der Waals surface area (Å²) in [5.74, 6) is 0. The summed E-state index contributed by atoms with van der Waals surface area (Å²) in [7, 11) is 0. The van der Waals surface area contributed by atoms with Crippen molar-refractivity contribution in [2.45, 2.75) is 116 Å². The van der Waals surface area contributed by atoms with Crippen molar-refractivity contribution < 1.29 is 9.58 Å². The first-order chi connectivity index (χ1) is 10.8. The van der Waals surface area contributed by atoms with Gasteiger partial charge in [0.1, 0.15) is 0 Å². The monoisotopic (exact) mass is 324 g/mol. The molecule has 23 heavy (non-hydrogen) atoms. The molecule has 0 bridgehead atoms. The molecule has 1 saturated heterocycles. The normalized spacial score (nSPS) is 27.3. The van der Waals surface area contributed by atoms with Crippen molar-refractivity contribution >= 4 is 6.21 Å². The van der Waals surface area contributed by atoms with Crippen molar-refractivity contribution in [3.8, 4) is 0 Å². The van der Waals surface area contributed by atoms with Gasteiger partial charge >= 0.3 is 0 Å². The van der Waals surface area contributed by atoms with Crippen molar-refractivity contribution in [3.05, 3.63) is 5.21 Å². The molecule has 2 fully saturated rings. The highest BCUT2D eigenvalue weighted by molar-refractivity contribution is 5.51. The standard InChI is InChI=1S/C19H36N2O2/c1-6-7-13-20(22)16-14-18(2,3)21(19(4,5)15-16)23-17-11-9-8-10-12-17/h13,16-17H,6-12,14-15H2,1-5H3/b20-13-. The Hall–Kier alpha value is -0.610. The van der Waals surface area contributed by atoms with Crippen LogP contribution in [0.4, 0.5) is 0 Å². The van der Waals surface area contributed by atoms with Gasteiger partial charge in [0.05, 0.1) is 6.10 Å². The van der Waals surface area contributed by atoms with Gasteiger partial charge in [0.25, 0.3) is 0 Å². The molecule has 4 heteroatoms. The molecular weight excluding hydrogens is 288 g/mol. The molecule has 0 unspecified atom stereocenters. The maximum absolute atomic E-state index is 12.4. The zero-order valence-corrected chi connectivity index (χ0v) is 15.8. The van der Waals surface area contributed by atoms with E-state index in [1.54, 1.807) is 0 Å². The molecule has 1 heterocycles. The third-order valence-electron chi connectivity index (χ3n) is 5.33. The minimum Gasteiger partial charge on any atom is -0.624 e. The predicted molar refractivity (Wildman–Crippen MR) is 95.6 cm³/mol. The fourth-order valence-corrected chi connectivity index (χ4v) is 4.40. The lowest BCUT2D eigenvalue weighted by Gasteiger charge is -2.53. The Kier molecular flexibility index (Phi) is 6.12. The van der Waals surface area contributed by atoms with Gasteiger partial charge in [-0.3, -0.25) is 4.84 Å². The van der Waals surface area contributed by atoms with E-state index in [9.17, 15) is 5.21 Å². The number of hydrogen-bond acceptors (Lipinski definition) is 3. The van der Waals surface area contributed by atoms with Crippen molar-refractivity contribution in [2.24, 2.45) is 0 Å². The molecule has 0 atom stereocenters. The van der Waals surface area contributed by atoms with E-state index < -0.39 is 0 Å². The number of hydroxylamine groups is 3. The molecule has 134 valence electrons. The Morgan fingerprint density at radius 1 is 1.09 bits per heavy atom. The molecule has 0 spiro atoms. The largest absolute Gasteiger partial charge is 0.624 e. The molecular formula is C19H36N2O2. The van der Waals surface area contributed by atoms with E-state index >= 15 is 0 Å². The maximum Gasteiger partial charge on any atom is 0.166 e. The Morgan fingerprint density at radius 2 is 1.65 bits per heavy atom. The minimum atomic E-state index is -0.118. The quantitative estimate of drug-likeness (QED) is 0.320. The maximum atomic E-state index is 12.4. The van der Waals surface area contributed by atoms with Crippen LogP contribution < -0.4 is 0 Å². The van der Waals surface area contributed by atoms with Crippen LogP contribution in [0, 0.1) is 5.21 Å². The minimum absolute atomic E-state index is 0.0535. The van der Waals surface area contributed by atoms with Crippen molar-refractivity contribution in [1.29, 1.82) is 0 Å². The summed E-state index contributed by atoms with van der Waals surface area (Å²) in [5, 5.41) is 14.7. The van der Waals surface area contributed by atoms with Gasteiger partial charge < -0.3 is 5.21 Å². The number of nitrogens with zero attached hydrogens (tertiary/aromatic N) is 2. The van der Waals surface area contributed by atoms with E-state index in [0.717, 1.165) is 25.7 Å². The van der Waals surface area contributed by atoms with Crippen LogP contribution in [0.1, 0.15) is 92.4 Å². The highest BCUT2D eigenvalue weighted by atomic mass is 16.7. The molecule has 1 aliphatic carbocycles. The second-order valence-electron chi connectivity index (χ2n) is 8.68. The molecule has 0 N–H and O–H groups in total. The van der Waals surface area contributed by atoms with E-state index in [0.29, 0.717) is 6.10 Å². The first-order valence-corrected chi connectivity index (χ1v) is 9.52. The van der Waals surface area contributed by atoms with Crippen LogP contribution in [0.5, 0.6) is 0 Å². The molecule has 2 aliphatic rings. The van der Waals surface area contributed by atoms with Crippen molar-refractivity contribution in [2.75, 3.05) is 0 Å². The van der Waals surface area contributed by atoms with Crippen LogP contribution >= 0.6 is 0 Å². The van der Waals surface area contributed by atoms with E-state index in [-0.39, 0.29) is 17.1 Å². The van der Waals surface area contributed by atoms with Gasteiger partial charge in [-0.25, -0.2) is 4.74 Å². The van der Waals surface area contributed by atoms with Crippen molar-refractivity contribution in [1.82, 2.24) is 5.06 Å². The zero-order chi connectivity index (χ0) is 17.1. The lowest BCUT2D eigenvalue weighted by atomic mass is 9.79. The smallest absolute Gasteiger partial charge is 0.166 e. The summed E-state index contributed by atoms with van der Waals surface area (Å²) in [6, 6.07) is 0.0535. The molecule has 0 radical (unpaired) electrons. The van der Waals surface area contributed by atoms with Gasteiger partial charge in [-0.15, -0.1) is 0 Å². The fraction of sp³-hybridized carbons (Fsp3) is 0.947. The summed E-state index contributed by atoms with van der Waals surface area (Å²) < 4.78 is 1.21. The van der Waals surface area contributed by atoms with Gasteiger partial charge in [0.15, 0.2) is 12.3 Å². The second kappa shape index (κ2) is 7.52. The van der Waals surface area contributed by atoms with Gasteiger partial charge in [0.2, 0.25) is 0 Å². The summed E-state index contributed by atoms with van der Waals surface area (Å²) >= 11 is 0. The average Bonchev–Trinajstić information content (AvgIpc) is 2.48. The van der Waals surface area contributed by atoms with Crippen LogP contribution in [-0.2, 0) is 4.84 Å². The second-order valence-corrected chi connectivity index (χ2v) is 8.68. The zero-order valence-electron chi connectivity index (χ0n) is 15.8. The highest BCUT2D eigenvalue weighted by Gasteiger charge is 2.50. The predicted octanol–water partition coefficient (Wildman–Crippen LogP) is 4.65. The van der Waals surface area contributed by atoms with Gasteiger partial charge in [-0.05, 0) is 47.0 Å². The van der Waals surface area contributed by atoms with E-state index in [4.69, 9.17) is 4.84 Å². The molecule has 0 aromatic heterocycles. The van der Waals surface area contributed by atoms with Gasteiger partial charge in [-0.2, -0.15) is 5.06 Å². The highest BCUT2D eigenvalue weighted by Crippen LogP contribution is 2.41. The molecule has 0 amide bonds. The third kappa shape index (κ3) is 4.69. The number of unbranched alkanes of at least 4 members (excludes halogenated alkanes) is 1. The van der Waals surface area contributed by atoms with E-state index in [1.807, 2.05) is 6.21 Å². The molecule has 1 saturated carbocycles. The third-order valence-corrected chi connectivity index (χ3v) is 5.33. The van der Waals surface area contributed by atoms with Crippen LogP contribution in [0.25, 0.3) is 0 Å². The van der Waals surface area contributed by atoms with Crippen LogP contribution in [-0.4, -0.2) is 39.2 Å². The molecule has 2 rings (SSSR count). The molecule has 4 nitrogen and oxygen atoms in total. The van der Waals surface area contributed by atoms with Gasteiger partial charge in [0, 0.05) is 30.3 Å². The molecule has 1 aliphatic heterocycles.